The predicted molar refractivity (Wildman–Crippen MR) is 277 cm³/mol. The van der Waals surface area contributed by atoms with Crippen LogP contribution in [0.5, 0.6) is 0 Å². The van der Waals surface area contributed by atoms with E-state index in [9.17, 15) is 19.5 Å². The highest BCUT2D eigenvalue weighted by Crippen LogP contribution is 2.15. The first-order valence-corrected chi connectivity index (χ1v) is 26.6. The number of hydrogen-bond donors (Lipinski definition) is 0. The maximum Gasteiger partial charge on any atom is 0.306 e. The second-order valence-electron chi connectivity index (χ2n) is 18.7. The van der Waals surface area contributed by atoms with Crippen LogP contribution in [-0.4, -0.2) is 75.5 Å². The summed E-state index contributed by atoms with van der Waals surface area (Å²) in [5.74, 6) is -1.76. The van der Waals surface area contributed by atoms with Crippen molar-refractivity contribution in [3.63, 3.8) is 0 Å². The Kier molecular flexibility index (Phi) is 45.4. The van der Waals surface area contributed by atoms with E-state index in [1.807, 2.05) is 0 Å². The Morgan fingerprint density at radius 3 is 1.26 bits per heavy atom. The molecule has 66 heavy (non-hydrogen) atoms. The highest BCUT2D eigenvalue weighted by Gasteiger charge is 2.25. The van der Waals surface area contributed by atoms with Gasteiger partial charge in [0.15, 0.2) is 6.10 Å². The van der Waals surface area contributed by atoms with Gasteiger partial charge in [-0.05, 0) is 89.9 Å². The van der Waals surface area contributed by atoms with Gasteiger partial charge < -0.3 is 28.6 Å². The summed E-state index contributed by atoms with van der Waals surface area (Å²) in [4.78, 5) is 37.1. The normalized spacial score (nSPS) is 13.5. The Balaban J connectivity index is 4.28. The van der Waals surface area contributed by atoms with Gasteiger partial charge in [-0.1, -0.05) is 189 Å². The molecule has 0 fully saturated rings. The molecule has 0 aromatic rings. The topological polar surface area (TPSA) is 102 Å². The van der Waals surface area contributed by atoms with Gasteiger partial charge in [-0.2, -0.15) is 0 Å². The molecule has 0 radical (unpaired) electrons. The van der Waals surface area contributed by atoms with E-state index < -0.39 is 18.1 Å². The van der Waals surface area contributed by atoms with E-state index in [-0.39, 0.29) is 42.7 Å². The number of hydrogen-bond acceptors (Lipinski definition) is 7. The highest BCUT2D eigenvalue weighted by molar-refractivity contribution is 5.70. The minimum atomic E-state index is -1.13. The van der Waals surface area contributed by atoms with Gasteiger partial charge in [0.05, 0.1) is 40.3 Å². The molecule has 8 nitrogen and oxygen atoms in total. The molecule has 8 heteroatoms. The Morgan fingerprint density at radius 2 is 0.848 bits per heavy atom. The second kappa shape index (κ2) is 48.0. The summed E-state index contributed by atoms with van der Waals surface area (Å²) in [6, 6.07) is -0.735. The smallest absolute Gasteiger partial charge is 0.306 e. The number of aliphatic carboxylic acids is 1. The first-order chi connectivity index (χ1) is 32.1. The lowest BCUT2D eigenvalue weighted by atomic mass is 10.0. The number of carbonyl (C=O) groups excluding carboxylic acids is 3. The maximum absolute atomic E-state index is 12.8. The van der Waals surface area contributed by atoms with Crippen LogP contribution in [0.2, 0.25) is 0 Å². The van der Waals surface area contributed by atoms with E-state index in [2.05, 4.69) is 98.9 Å². The van der Waals surface area contributed by atoms with Crippen LogP contribution in [0, 0.1) is 0 Å². The largest absolute Gasteiger partial charge is 0.544 e. The molecule has 0 saturated carbocycles. The zero-order chi connectivity index (χ0) is 48.4. The van der Waals surface area contributed by atoms with Crippen LogP contribution in [0.1, 0.15) is 213 Å². The minimum absolute atomic E-state index is 0.0283. The van der Waals surface area contributed by atoms with Crippen molar-refractivity contribution in [2.75, 3.05) is 41.0 Å². The SMILES string of the molecule is CC/C=C/C/C=C/C/C=C/CCCCCCCCCCCCCC(=O)OCC(COCCC(C(=O)[O-])[N+](C)(C)C)OC(=O)CCCCCCC/C=C/C/C=C/C/C=C/C/C=C/CCCCC. The third-order valence-corrected chi connectivity index (χ3v) is 11.5. The van der Waals surface area contributed by atoms with Crippen molar-refractivity contribution in [3.8, 4) is 0 Å². The van der Waals surface area contributed by atoms with Crippen LogP contribution in [0.25, 0.3) is 0 Å². The van der Waals surface area contributed by atoms with E-state index in [4.69, 9.17) is 14.2 Å². The fourth-order valence-corrected chi connectivity index (χ4v) is 7.42. The standard InChI is InChI=1S/C58H99NO7/c1-6-8-10-12-14-16-18-20-22-24-26-28-30-32-34-36-38-40-42-44-46-48-56(60)65-53-54(52-64-51-50-55(58(62)63)59(3,4)5)66-57(61)49-47-45-43-41-39-37-35-33-31-29-27-25-23-21-19-17-15-13-11-9-7-2/h8,10,14-17,20-23,27,29,33,35,54-55H,6-7,9,11-13,18-19,24-26,28,30-32,34,36-53H2,1-5H3/b10-8+,16-14+,17-15+,22-20+,23-21+,29-27+,35-33+. The van der Waals surface area contributed by atoms with Gasteiger partial charge in [-0.25, -0.2) is 0 Å². The summed E-state index contributed by atoms with van der Waals surface area (Å²) in [7, 11) is 5.41. The van der Waals surface area contributed by atoms with Crippen molar-refractivity contribution in [1.29, 1.82) is 0 Å². The lowest BCUT2D eigenvalue weighted by Crippen LogP contribution is -2.55. The summed E-state index contributed by atoms with van der Waals surface area (Å²) in [5.41, 5.74) is 0. The Labute approximate surface area is 405 Å². The van der Waals surface area contributed by atoms with E-state index in [1.54, 1.807) is 21.1 Å². The average molecular weight is 922 g/mol. The number of ether oxygens (including phenoxy) is 3. The van der Waals surface area contributed by atoms with Gasteiger partial charge in [0.25, 0.3) is 0 Å². The number of rotatable bonds is 47. The number of nitrogens with zero attached hydrogens (tertiary/aromatic N) is 1. The van der Waals surface area contributed by atoms with Crippen LogP contribution in [0.15, 0.2) is 85.1 Å². The Hall–Kier alpha value is -3.49. The van der Waals surface area contributed by atoms with Crippen LogP contribution in [0.3, 0.4) is 0 Å². The molecule has 0 aromatic heterocycles. The predicted octanol–water partition coefficient (Wildman–Crippen LogP) is 14.3. The first-order valence-electron chi connectivity index (χ1n) is 26.6. The van der Waals surface area contributed by atoms with Gasteiger partial charge in [0, 0.05) is 19.3 Å². The minimum Gasteiger partial charge on any atom is -0.544 e. The molecule has 0 amide bonds. The van der Waals surface area contributed by atoms with Crippen LogP contribution < -0.4 is 5.11 Å². The number of unbranched alkanes of at least 4 members (excludes halogenated alkanes) is 19. The van der Waals surface area contributed by atoms with Gasteiger partial charge in [0.1, 0.15) is 12.6 Å². The third kappa shape index (κ3) is 45.7. The molecule has 0 spiro atoms. The maximum atomic E-state index is 12.8. The monoisotopic (exact) mass is 922 g/mol. The molecular formula is C58H99NO7. The molecule has 0 heterocycles. The lowest BCUT2D eigenvalue weighted by molar-refractivity contribution is -0.889. The molecule has 0 bridgehead atoms. The number of carboxylic acids is 1. The highest BCUT2D eigenvalue weighted by atomic mass is 16.6. The number of quaternary nitrogens is 1. The van der Waals surface area contributed by atoms with Crippen LogP contribution in [0.4, 0.5) is 0 Å². The second-order valence-corrected chi connectivity index (χ2v) is 18.7. The van der Waals surface area contributed by atoms with E-state index in [0.717, 1.165) is 96.3 Å². The summed E-state index contributed by atoms with van der Waals surface area (Å²) in [5, 5.41) is 11.7. The molecule has 2 unspecified atom stereocenters. The van der Waals surface area contributed by atoms with Gasteiger partial charge in [-0.15, -0.1) is 0 Å². The van der Waals surface area contributed by atoms with E-state index in [1.165, 1.54) is 83.5 Å². The van der Waals surface area contributed by atoms with E-state index >= 15 is 0 Å². The van der Waals surface area contributed by atoms with Crippen molar-refractivity contribution in [3.05, 3.63) is 85.1 Å². The van der Waals surface area contributed by atoms with Crippen molar-refractivity contribution in [2.45, 2.75) is 225 Å². The van der Waals surface area contributed by atoms with Gasteiger partial charge in [-0.3, -0.25) is 9.59 Å². The lowest BCUT2D eigenvalue weighted by Gasteiger charge is -2.34. The molecule has 0 aliphatic carbocycles. The summed E-state index contributed by atoms with van der Waals surface area (Å²) >= 11 is 0. The molecule has 2 atom stereocenters. The quantitative estimate of drug-likeness (QED) is 0.0259. The number of allylic oxidation sites excluding steroid dienone is 14. The average Bonchev–Trinajstić information content (AvgIpc) is 3.28. The summed E-state index contributed by atoms with van der Waals surface area (Å²) < 4.78 is 17.2. The molecule has 0 rings (SSSR count). The molecule has 0 saturated heterocycles. The summed E-state index contributed by atoms with van der Waals surface area (Å²) in [6.07, 6.45) is 63.2. The third-order valence-electron chi connectivity index (χ3n) is 11.5. The summed E-state index contributed by atoms with van der Waals surface area (Å²) in [6.45, 7) is 4.51. The molecule has 0 aliphatic rings. The molecule has 0 N–H and O–H groups in total. The number of likely N-dealkylation sites (N-methyl/N-ethyl adjacent to an activating group) is 1. The zero-order valence-electron chi connectivity index (χ0n) is 43.1. The van der Waals surface area contributed by atoms with Crippen molar-refractivity contribution in [1.82, 2.24) is 0 Å². The number of carbonyl (C=O) groups is 3. The van der Waals surface area contributed by atoms with Crippen molar-refractivity contribution in [2.24, 2.45) is 0 Å². The van der Waals surface area contributed by atoms with Crippen LogP contribution in [-0.2, 0) is 28.6 Å². The molecular weight excluding hydrogens is 823 g/mol. The Morgan fingerprint density at radius 1 is 0.470 bits per heavy atom. The van der Waals surface area contributed by atoms with Gasteiger partial charge >= 0.3 is 11.9 Å². The Bertz CT molecular complexity index is 1350. The van der Waals surface area contributed by atoms with Crippen molar-refractivity contribution >= 4 is 17.9 Å². The number of carboxylic acid groups (broad SMARTS) is 1. The van der Waals surface area contributed by atoms with Gasteiger partial charge in [0.2, 0.25) is 0 Å². The fourth-order valence-electron chi connectivity index (χ4n) is 7.42. The van der Waals surface area contributed by atoms with Crippen LogP contribution >= 0.6 is 0 Å². The molecule has 0 aromatic carbocycles. The zero-order valence-corrected chi connectivity index (χ0v) is 43.1. The van der Waals surface area contributed by atoms with Crippen molar-refractivity contribution < 1.29 is 38.2 Å². The fraction of sp³-hybridized carbons (Fsp3) is 0.707. The first kappa shape index (κ1) is 62.5. The van der Waals surface area contributed by atoms with E-state index in [0.29, 0.717) is 12.8 Å². The number of esters is 2. The molecule has 0 aliphatic heterocycles. The molecule has 378 valence electrons.